The molecule has 0 aliphatic heterocycles. The fourth-order valence-electron chi connectivity index (χ4n) is 2.48. The predicted octanol–water partition coefficient (Wildman–Crippen LogP) is 2.50. The largest absolute Gasteiger partial charge is 0.496 e. The normalized spacial score (nSPS) is 10.4. The number of rotatable bonds is 4. The number of hydrogen-bond donors (Lipinski definition) is 0. The topological polar surface area (TPSA) is 57.5 Å². The molecule has 0 spiro atoms. The van der Waals surface area contributed by atoms with Crippen LogP contribution >= 0.6 is 0 Å². The van der Waals surface area contributed by atoms with E-state index in [2.05, 4.69) is 0 Å². The summed E-state index contributed by atoms with van der Waals surface area (Å²) in [6.45, 7) is 3.70. The van der Waals surface area contributed by atoms with Gasteiger partial charge in [-0.2, -0.15) is 0 Å². The molecule has 1 aromatic heterocycles. The molecule has 0 saturated carbocycles. The second-order valence-corrected chi connectivity index (χ2v) is 5.12. The lowest BCUT2D eigenvalue weighted by Crippen LogP contribution is -2.20. The number of carbonyl (C=O) groups excluding carboxylic acids is 1. The van der Waals surface area contributed by atoms with Gasteiger partial charge in [0.2, 0.25) is 0 Å². The molecule has 0 fully saturated rings. The quantitative estimate of drug-likeness (QED) is 0.814. The number of hydrogen-bond acceptors (Lipinski definition) is 4. The third kappa shape index (κ3) is 2.50. The predicted molar refractivity (Wildman–Crippen MR) is 85.1 cm³/mol. The van der Waals surface area contributed by atoms with Gasteiger partial charge in [-0.1, -0.05) is 0 Å². The maximum atomic E-state index is 12.0. The lowest BCUT2D eigenvalue weighted by molar-refractivity contribution is 0.111. The van der Waals surface area contributed by atoms with Gasteiger partial charge < -0.3 is 14.0 Å². The van der Waals surface area contributed by atoms with E-state index in [-0.39, 0.29) is 5.56 Å². The summed E-state index contributed by atoms with van der Waals surface area (Å²) < 4.78 is 12.1. The zero-order chi connectivity index (χ0) is 16.4. The highest BCUT2D eigenvalue weighted by atomic mass is 16.5. The van der Waals surface area contributed by atoms with Gasteiger partial charge in [0.15, 0.2) is 6.29 Å². The van der Waals surface area contributed by atoms with Crippen molar-refractivity contribution in [2.45, 2.75) is 13.8 Å². The molecule has 2 aromatic rings. The first-order valence-electron chi connectivity index (χ1n) is 6.83. The van der Waals surface area contributed by atoms with Crippen LogP contribution in [0.3, 0.4) is 0 Å². The van der Waals surface area contributed by atoms with E-state index < -0.39 is 0 Å². The Bertz CT molecular complexity index is 765. The molecular formula is C17H19NO4. The zero-order valence-electron chi connectivity index (χ0n) is 13.4. The van der Waals surface area contributed by atoms with Gasteiger partial charge in [0.1, 0.15) is 11.5 Å². The summed E-state index contributed by atoms with van der Waals surface area (Å²) in [5, 5.41) is 0. The summed E-state index contributed by atoms with van der Waals surface area (Å²) in [7, 11) is 4.72. The average Bonchev–Trinajstić information content (AvgIpc) is 2.54. The van der Waals surface area contributed by atoms with E-state index in [1.54, 1.807) is 36.9 Å². The Kier molecular flexibility index (Phi) is 4.35. The van der Waals surface area contributed by atoms with Gasteiger partial charge >= 0.3 is 0 Å². The first-order chi connectivity index (χ1) is 10.4. The number of nitrogens with zero attached hydrogens (tertiary/aromatic N) is 1. The number of benzene rings is 1. The van der Waals surface area contributed by atoms with E-state index in [0.29, 0.717) is 28.9 Å². The molecule has 0 atom stereocenters. The molecule has 0 bridgehead atoms. The van der Waals surface area contributed by atoms with Crippen LogP contribution in [0.1, 0.15) is 21.5 Å². The highest BCUT2D eigenvalue weighted by Crippen LogP contribution is 2.35. The highest BCUT2D eigenvalue weighted by molar-refractivity contribution is 5.87. The van der Waals surface area contributed by atoms with Crippen molar-refractivity contribution in [1.29, 1.82) is 0 Å². The van der Waals surface area contributed by atoms with Crippen molar-refractivity contribution in [3.05, 3.63) is 45.4 Å². The van der Waals surface area contributed by atoms with Crippen LogP contribution < -0.4 is 15.0 Å². The minimum atomic E-state index is -0.0234. The summed E-state index contributed by atoms with van der Waals surface area (Å²) >= 11 is 0. The molecule has 0 aliphatic carbocycles. The van der Waals surface area contributed by atoms with Crippen LogP contribution in [0.2, 0.25) is 0 Å². The number of ether oxygens (including phenoxy) is 2. The van der Waals surface area contributed by atoms with Gasteiger partial charge in [-0.25, -0.2) is 0 Å². The van der Waals surface area contributed by atoms with Gasteiger partial charge in [-0.15, -0.1) is 0 Å². The molecule has 22 heavy (non-hydrogen) atoms. The summed E-state index contributed by atoms with van der Waals surface area (Å²) in [4.78, 5) is 23.2. The third-order valence-electron chi connectivity index (χ3n) is 3.90. The fraction of sp³-hybridized carbons (Fsp3) is 0.294. The summed E-state index contributed by atoms with van der Waals surface area (Å²) in [5.74, 6) is 0.880. The van der Waals surface area contributed by atoms with E-state index in [4.69, 9.17) is 9.47 Å². The number of carbonyl (C=O) groups is 1. The Morgan fingerprint density at radius 1 is 1.05 bits per heavy atom. The molecule has 0 radical (unpaired) electrons. The van der Waals surface area contributed by atoms with Crippen LogP contribution in [0.25, 0.3) is 11.1 Å². The third-order valence-corrected chi connectivity index (χ3v) is 3.90. The minimum absolute atomic E-state index is 0.0234. The summed E-state index contributed by atoms with van der Waals surface area (Å²) in [6.07, 6.45) is 2.49. The van der Waals surface area contributed by atoms with E-state index in [9.17, 15) is 9.59 Å². The maximum Gasteiger partial charge on any atom is 0.253 e. The van der Waals surface area contributed by atoms with Gasteiger partial charge in [0.25, 0.3) is 5.56 Å². The van der Waals surface area contributed by atoms with Crippen molar-refractivity contribution >= 4 is 6.29 Å². The second kappa shape index (κ2) is 6.05. The van der Waals surface area contributed by atoms with Crippen LogP contribution in [0.15, 0.2) is 23.1 Å². The molecule has 5 heteroatoms. The Labute approximate surface area is 129 Å². The SMILES string of the molecule is COc1cc(-c2cn(C)c(=O)c(C)c2C)cc(OC)c1C=O. The summed E-state index contributed by atoms with van der Waals surface area (Å²) in [6, 6.07) is 3.55. The van der Waals surface area contributed by atoms with E-state index >= 15 is 0 Å². The first kappa shape index (κ1) is 15.8. The zero-order valence-corrected chi connectivity index (χ0v) is 13.4. The Morgan fingerprint density at radius 3 is 2.05 bits per heavy atom. The molecule has 0 aliphatic rings. The first-order valence-corrected chi connectivity index (χ1v) is 6.83. The lowest BCUT2D eigenvalue weighted by atomic mass is 9.97. The number of methoxy groups -OCH3 is 2. The van der Waals surface area contributed by atoms with Crippen molar-refractivity contribution < 1.29 is 14.3 Å². The van der Waals surface area contributed by atoms with Crippen molar-refractivity contribution in [2.24, 2.45) is 7.05 Å². The Balaban J connectivity index is 2.79. The Morgan fingerprint density at radius 2 is 1.59 bits per heavy atom. The van der Waals surface area contributed by atoms with Crippen molar-refractivity contribution in [3.8, 4) is 22.6 Å². The molecule has 1 heterocycles. The van der Waals surface area contributed by atoms with E-state index in [1.807, 2.05) is 6.92 Å². The number of aromatic nitrogens is 1. The molecular weight excluding hydrogens is 282 g/mol. The van der Waals surface area contributed by atoms with Crippen LogP contribution in [0.4, 0.5) is 0 Å². The molecule has 1 aromatic carbocycles. The molecule has 0 saturated heterocycles. The van der Waals surface area contributed by atoms with Crippen molar-refractivity contribution in [1.82, 2.24) is 4.57 Å². The monoisotopic (exact) mass is 301 g/mol. The van der Waals surface area contributed by atoms with Crippen LogP contribution in [0.5, 0.6) is 11.5 Å². The lowest BCUT2D eigenvalue weighted by Gasteiger charge is -2.15. The van der Waals surface area contributed by atoms with Crippen molar-refractivity contribution in [3.63, 3.8) is 0 Å². The smallest absolute Gasteiger partial charge is 0.253 e. The van der Waals surface area contributed by atoms with E-state index in [0.717, 1.165) is 16.7 Å². The molecule has 0 unspecified atom stereocenters. The minimum Gasteiger partial charge on any atom is -0.496 e. The summed E-state index contributed by atoms with van der Waals surface area (Å²) in [5.41, 5.74) is 3.66. The molecule has 0 amide bonds. The molecule has 116 valence electrons. The standard InChI is InChI=1S/C17H19NO4/c1-10-11(2)17(20)18(3)8-13(10)12-6-15(21-4)14(9-19)16(7-12)22-5/h6-9H,1-5H3. The maximum absolute atomic E-state index is 12.0. The van der Waals surface area contributed by atoms with Gasteiger partial charge in [0.05, 0.1) is 19.8 Å². The van der Waals surface area contributed by atoms with Crippen LogP contribution in [0, 0.1) is 13.8 Å². The fourth-order valence-corrected chi connectivity index (χ4v) is 2.48. The van der Waals surface area contributed by atoms with Crippen LogP contribution in [-0.2, 0) is 7.05 Å². The highest BCUT2D eigenvalue weighted by Gasteiger charge is 2.16. The Hall–Kier alpha value is -2.56. The van der Waals surface area contributed by atoms with E-state index in [1.165, 1.54) is 14.2 Å². The number of aldehydes is 1. The molecule has 5 nitrogen and oxygen atoms in total. The average molecular weight is 301 g/mol. The van der Waals surface area contributed by atoms with Gasteiger partial charge in [-0.05, 0) is 37.1 Å². The molecule has 0 N–H and O–H groups in total. The van der Waals surface area contributed by atoms with Crippen LogP contribution in [-0.4, -0.2) is 25.1 Å². The van der Waals surface area contributed by atoms with Gasteiger partial charge in [0, 0.05) is 24.4 Å². The number of aryl methyl sites for hydroxylation is 1. The van der Waals surface area contributed by atoms with Gasteiger partial charge in [-0.3, -0.25) is 9.59 Å². The molecule has 2 rings (SSSR count). The van der Waals surface area contributed by atoms with Crippen molar-refractivity contribution in [2.75, 3.05) is 14.2 Å². The second-order valence-electron chi connectivity index (χ2n) is 5.12. The number of pyridine rings is 1.